The Morgan fingerprint density at radius 1 is 1.30 bits per heavy atom. The summed E-state index contributed by atoms with van der Waals surface area (Å²) < 4.78 is 29.3. The molecule has 1 fully saturated rings. The average Bonchev–Trinajstić information content (AvgIpc) is 3.17. The van der Waals surface area contributed by atoms with E-state index in [2.05, 4.69) is 4.98 Å². The molecule has 1 aromatic carbocycles. The predicted octanol–water partition coefficient (Wildman–Crippen LogP) is 3.87. The van der Waals surface area contributed by atoms with E-state index >= 15 is 0 Å². The van der Waals surface area contributed by atoms with Gasteiger partial charge in [-0.3, -0.25) is 0 Å². The summed E-state index contributed by atoms with van der Waals surface area (Å²) in [7, 11) is 0. The van der Waals surface area contributed by atoms with Gasteiger partial charge in [0.25, 0.3) is 0 Å². The van der Waals surface area contributed by atoms with Crippen LogP contribution in [-0.2, 0) is 0 Å². The van der Waals surface area contributed by atoms with Crippen LogP contribution in [0.15, 0.2) is 18.2 Å². The van der Waals surface area contributed by atoms with Gasteiger partial charge in [-0.1, -0.05) is 19.9 Å². The van der Waals surface area contributed by atoms with Gasteiger partial charge in [0.05, 0.1) is 0 Å². The van der Waals surface area contributed by atoms with Crippen LogP contribution in [-0.4, -0.2) is 9.55 Å². The second kappa shape index (κ2) is 4.58. The van der Waals surface area contributed by atoms with Crippen molar-refractivity contribution in [3.8, 4) is 11.3 Å². The van der Waals surface area contributed by atoms with Crippen LogP contribution in [0, 0.1) is 11.6 Å². The minimum Gasteiger partial charge on any atom is -0.383 e. The van der Waals surface area contributed by atoms with Gasteiger partial charge in [-0.25, -0.2) is 13.8 Å². The molecular formula is C15H17F2N3. The van der Waals surface area contributed by atoms with E-state index in [1.807, 2.05) is 18.4 Å². The molecule has 0 saturated heterocycles. The van der Waals surface area contributed by atoms with Crippen molar-refractivity contribution in [1.82, 2.24) is 9.55 Å². The summed E-state index contributed by atoms with van der Waals surface area (Å²) in [5.41, 5.74) is 6.62. The van der Waals surface area contributed by atoms with Crippen molar-refractivity contribution in [2.24, 2.45) is 0 Å². The molecular weight excluding hydrogens is 260 g/mol. The largest absolute Gasteiger partial charge is 0.383 e. The van der Waals surface area contributed by atoms with Gasteiger partial charge in [0.1, 0.15) is 17.3 Å². The number of hydrogen-bond donors (Lipinski definition) is 1. The molecule has 1 aromatic heterocycles. The highest BCUT2D eigenvalue weighted by molar-refractivity contribution is 5.72. The maximum Gasteiger partial charge on any atom is 0.168 e. The molecule has 3 nitrogen and oxygen atoms in total. The average molecular weight is 277 g/mol. The van der Waals surface area contributed by atoms with E-state index < -0.39 is 11.6 Å². The van der Waals surface area contributed by atoms with Crippen LogP contribution < -0.4 is 5.73 Å². The number of imidazole rings is 1. The van der Waals surface area contributed by atoms with Crippen molar-refractivity contribution in [1.29, 1.82) is 0 Å². The van der Waals surface area contributed by atoms with E-state index in [0.717, 1.165) is 24.7 Å². The zero-order valence-electron chi connectivity index (χ0n) is 11.5. The van der Waals surface area contributed by atoms with Gasteiger partial charge in [0, 0.05) is 17.5 Å². The molecule has 3 rings (SSSR count). The Balaban J connectivity index is 2.19. The number of anilines is 1. The molecule has 0 spiro atoms. The lowest BCUT2D eigenvalue weighted by atomic mass is 10.1. The summed E-state index contributed by atoms with van der Waals surface area (Å²) in [6.45, 7) is 4.04. The molecule has 2 aromatic rings. The van der Waals surface area contributed by atoms with Crippen molar-refractivity contribution in [2.75, 3.05) is 5.73 Å². The van der Waals surface area contributed by atoms with E-state index in [-0.39, 0.29) is 11.5 Å². The molecule has 1 heterocycles. The molecule has 20 heavy (non-hydrogen) atoms. The van der Waals surface area contributed by atoms with Crippen molar-refractivity contribution in [2.45, 2.75) is 38.6 Å². The Kier molecular flexibility index (Phi) is 3.00. The molecule has 2 N–H and O–H groups in total. The van der Waals surface area contributed by atoms with Crippen LogP contribution in [0.5, 0.6) is 0 Å². The third kappa shape index (κ3) is 1.97. The van der Waals surface area contributed by atoms with Crippen molar-refractivity contribution in [3.63, 3.8) is 0 Å². The normalized spacial score (nSPS) is 15.1. The lowest BCUT2D eigenvalue weighted by molar-refractivity contribution is 0.511. The molecule has 0 atom stereocenters. The first-order chi connectivity index (χ1) is 9.50. The second-order valence-corrected chi connectivity index (χ2v) is 5.56. The fourth-order valence-electron chi connectivity index (χ4n) is 2.47. The van der Waals surface area contributed by atoms with Gasteiger partial charge < -0.3 is 10.3 Å². The summed E-state index contributed by atoms with van der Waals surface area (Å²) in [6.07, 6.45) is 2.12. The van der Waals surface area contributed by atoms with Gasteiger partial charge in [-0.15, -0.1) is 0 Å². The molecule has 1 aliphatic rings. The van der Waals surface area contributed by atoms with Crippen LogP contribution in [0.1, 0.15) is 44.5 Å². The van der Waals surface area contributed by atoms with Gasteiger partial charge in [-0.05, 0) is 25.0 Å². The topological polar surface area (TPSA) is 43.8 Å². The summed E-state index contributed by atoms with van der Waals surface area (Å²) in [4.78, 5) is 4.47. The highest BCUT2D eigenvalue weighted by Crippen LogP contribution is 2.42. The number of aromatic nitrogens is 2. The van der Waals surface area contributed by atoms with Gasteiger partial charge in [0.2, 0.25) is 0 Å². The monoisotopic (exact) mass is 277 g/mol. The van der Waals surface area contributed by atoms with Gasteiger partial charge in [-0.2, -0.15) is 0 Å². The molecule has 0 radical (unpaired) electrons. The molecule has 0 unspecified atom stereocenters. The summed E-state index contributed by atoms with van der Waals surface area (Å²) in [6, 6.07) is 4.43. The number of halogens is 2. The number of nitrogens with zero attached hydrogens (tertiary/aromatic N) is 2. The quantitative estimate of drug-likeness (QED) is 0.925. The zero-order chi connectivity index (χ0) is 14.4. The number of hydrogen-bond acceptors (Lipinski definition) is 2. The first-order valence-corrected chi connectivity index (χ1v) is 6.82. The second-order valence-electron chi connectivity index (χ2n) is 5.56. The molecule has 1 saturated carbocycles. The minimum absolute atomic E-state index is 0.129. The Morgan fingerprint density at radius 2 is 2.00 bits per heavy atom. The number of nitrogen functional groups attached to an aromatic ring is 1. The van der Waals surface area contributed by atoms with Crippen LogP contribution >= 0.6 is 0 Å². The lowest BCUT2D eigenvalue weighted by Gasteiger charge is -2.10. The molecule has 5 heteroatoms. The van der Waals surface area contributed by atoms with E-state index in [9.17, 15) is 8.78 Å². The first kappa shape index (κ1) is 13.1. The number of rotatable bonds is 3. The van der Waals surface area contributed by atoms with Crippen molar-refractivity contribution in [3.05, 3.63) is 35.7 Å². The maximum atomic E-state index is 13.9. The fourth-order valence-corrected chi connectivity index (χ4v) is 2.47. The third-order valence-electron chi connectivity index (χ3n) is 3.61. The van der Waals surface area contributed by atoms with Gasteiger partial charge in [0.15, 0.2) is 11.6 Å². The van der Waals surface area contributed by atoms with Crippen LogP contribution in [0.2, 0.25) is 0 Å². The Labute approximate surface area is 116 Å². The first-order valence-electron chi connectivity index (χ1n) is 6.82. The standard InChI is InChI=1S/C15H17F2N3/c1-8(2)15-19-13(14(18)20(15)9-6-7-9)10-4-3-5-11(16)12(10)17/h3-5,8-9H,6-7,18H2,1-2H3. The fraction of sp³-hybridized carbons (Fsp3) is 0.400. The molecule has 0 bridgehead atoms. The Bertz CT molecular complexity index is 657. The third-order valence-corrected chi connectivity index (χ3v) is 3.61. The van der Waals surface area contributed by atoms with E-state index in [0.29, 0.717) is 17.6 Å². The summed E-state index contributed by atoms with van der Waals surface area (Å²) in [5.74, 6) is -0.323. The van der Waals surface area contributed by atoms with Crippen LogP contribution in [0.25, 0.3) is 11.3 Å². The Morgan fingerprint density at radius 3 is 2.60 bits per heavy atom. The SMILES string of the molecule is CC(C)c1nc(-c2cccc(F)c2F)c(N)n1C1CC1. The maximum absolute atomic E-state index is 13.9. The number of benzene rings is 1. The highest BCUT2D eigenvalue weighted by Gasteiger charge is 2.31. The van der Waals surface area contributed by atoms with Crippen LogP contribution in [0.3, 0.4) is 0 Å². The van der Waals surface area contributed by atoms with E-state index in [1.54, 1.807) is 0 Å². The molecule has 0 aliphatic heterocycles. The molecule has 1 aliphatic carbocycles. The molecule has 106 valence electrons. The summed E-state index contributed by atoms with van der Waals surface area (Å²) in [5, 5.41) is 0. The zero-order valence-corrected chi connectivity index (χ0v) is 11.5. The van der Waals surface area contributed by atoms with Crippen molar-refractivity contribution < 1.29 is 8.78 Å². The van der Waals surface area contributed by atoms with Gasteiger partial charge >= 0.3 is 0 Å². The van der Waals surface area contributed by atoms with E-state index in [1.165, 1.54) is 12.1 Å². The van der Waals surface area contributed by atoms with Crippen LogP contribution in [0.4, 0.5) is 14.6 Å². The smallest absolute Gasteiger partial charge is 0.168 e. The summed E-state index contributed by atoms with van der Waals surface area (Å²) >= 11 is 0. The van der Waals surface area contributed by atoms with E-state index in [4.69, 9.17) is 5.73 Å². The number of nitrogens with two attached hydrogens (primary N) is 1. The van der Waals surface area contributed by atoms with Crippen molar-refractivity contribution >= 4 is 5.82 Å². The Hall–Kier alpha value is -1.91. The molecule has 0 amide bonds. The predicted molar refractivity (Wildman–Crippen MR) is 74.4 cm³/mol. The highest BCUT2D eigenvalue weighted by atomic mass is 19.2. The minimum atomic E-state index is -0.894. The lowest BCUT2D eigenvalue weighted by Crippen LogP contribution is -2.06.